The van der Waals surface area contributed by atoms with Crippen LogP contribution >= 0.6 is 0 Å². The average Bonchev–Trinajstić information content (AvgIpc) is 2.79. The highest BCUT2D eigenvalue weighted by Gasteiger charge is 2.34. The third-order valence-corrected chi connectivity index (χ3v) is 7.23. The number of phenolic OH excluding ortho intramolecular Hbond substituents is 1. The molecule has 2 aromatic carbocycles. The number of aromatic hydroxyl groups is 1. The van der Waals surface area contributed by atoms with Crippen molar-refractivity contribution in [3.05, 3.63) is 60.2 Å². The lowest BCUT2D eigenvalue weighted by molar-refractivity contribution is -0.156. The number of nitrogens with zero attached hydrogens (tertiary/aromatic N) is 1. The number of nitrogens with one attached hydrogen (secondary N) is 1. The van der Waals surface area contributed by atoms with Crippen molar-refractivity contribution < 1.29 is 33.4 Å². The highest BCUT2D eigenvalue weighted by molar-refractivity contribution is 7.89. The minimum absolute atomic E-state index is 0.164. The quantitative estimate of drug-likeness (QED) is 0.386. The van der Waals surface area contributed by atoms with Crippen LogP contribution in [0, 0.1) is 0 Å². The van der Waals surface area contributed by atoms with Crippen molar-refractivity contribution in [3.8, 4) is 5.75 Å². The molecule has 0 aromatic heterocycles. The van der Waals surface area contributed by atoms with E-state index in [1.807, 2.05) is 6.07 Å². The van der Waals surface area contributed by atoms with Gasteiger partial charge in [-0.2, -0.15) is 0 Å². The molecule has 0 unspecified atom stereocenters. The molecule has 3 rings (SSSR count). The zero-order valence-electron chi connectivity index (χ0n) is 18.2. The van der Waals surface area contributed by atoms with Crippen molar-refractivity contribution in [1.82, 2.24) is 9.79 Å². The summed E-state index contributed by atoms with van der Waals surface area (Å²) in [4.78, 5) is 17.0. The van der Waals surface area contributed by atoms with Gasteiger partial charge in [-0.15, -0.1) is 0 Å². The van der Waals surface area contributed by atoms with Gasteiger partial charge in [-0.3, -0.25) is 4.84 Å². The Morgan fingerprint density at radius 2 is 1.79 bits per heavy atom. The lowest BCUT2D eigenvalue weighted by atomic mass is 9.98. The van der Waals surface area contributed by atoms with Crippen LogP contribution in [0.5, 0.6) is 5.75 Å². The van der Waals surface area contributed by atoms with Gasteiger partial charge in [-0.1, -0.05) is 60.1 Å². The third-order valence-electron chi connectivity index (χ3n) is 5.61. The van der Waals surface area contributed by atoms with E-state index in [0.29, 0.717) is 12.8 Å². The SMILES string of the molecule is O=C(O)N[C@@H](Cc1ccccc1)[C@@H](O)CN(OC1CCCCC1)S(=O)(=O)c1cccc(O)c1. The first-order valence-electron chi connectivity index (χ1n) is 11.0. The van der Waals surface area contributed by atoms with E-state index in [-0.39, 0.29) is 23.2 Å². The van der Waals surface area contributed by atoms with Crippen LogP contribution in [0.1, 0.15) is 37.7 Å². The number of sulfonamides is 1. The Morgan fingerprint density at radius 3 is 2.42 bits per heavy atom. The van der Waals surface area contributed by atoms with Gasteiger partial charge in [0.05, 0.1) is 29.7 Å². The molecular formula is C23H30N2O7S. The van der Waals surface area contributed by atoms with Crippen molar-refractivity contribution in [3.63, 3.8) is 0 Å². The molecule has 0 bridgehead atoms. The molecule has 0 aliphatic heterocycles. The van der Waals surface area contributed by atoms with E-state index < -0.39 is 34.8 Å². The monoisotopic (exact) mass is 478 g/mol. The lowest BCUT2D eigenvalue weighted by Gasteiger charge is -2.32. The number of hydroxylamine groups is 1. The van der Waals surface area contributed by atoms with Crippen LogP contribution in [-0.2, 0) is 21.3 Å². The van der Waals surface area contributed by atoms with Gasteiger partial charge in [0.15, 0.2) is 0 Å². The molecule has 10 heteroatoms. The molecule has 180 valence electrons. The first-order valence-corrected chi connectivity index (χ1v) is 12.4. The van der Waals surface area contributed by atoms with Crippen LogP contribution < -0.4 is 5.32 Å². The number of rotatable bonds is 10. The van der Waals surface area contributed by atoms with Crippen molar-refractivity contribution in [2.24, 2.45) is 0 Å². The van der Waals surface area contributed by atoms with Crippen LogP contribution in [0.25, 0.3) is 0 Å². The molecule has 0 radical (unpaired) electrons. The molecule has 1 amide bonds. The molecule has 9 nitrogen and oxygen atoms in total. The Morgan fingerprint density at radius 1 is 1.09 bits per heavy atom. The summed E-state index contributed by atoms with van der Waals surface area (Å²) in [6.45, 7) is -0.480. The van der Waals surface area contributed by atoms with Crippen molar-refractivity contribution in [1.29, 1.82) is 0 Å². The summed E-state index contributed by atoms with van der Waals surface area (Å²) in [5.74, 6) is -0.219. The molecule has 4 N–H and O–H groups in total. The normalized spacial score (nSPS) is 16.9. The number of benzene rings is 2. The van der Waals surface area contributed by atoms with Crippen molar-refractivity contribution >= 4 is 16.1 Å². The molecule has 1 aliphatic carbocycles. The number of hydrogen-bond donors (Lipinski definition) is 4. The number of aliphatic hydroxyl groups excluding tert-OH is 1. The summed E-state index contributed by atoms with van der Waals surface area (Å²) in [6.07, 6.45) is 1.34. The molecular weight excluding hydrogens is 448 g/mol. The summed E-state index contributed by atoms with van der Waals surface area (Å²) < 4.78 is 27.4. The van der Waals surface area contributed by atoms with Gasteiger partial charge in [0.2, 0.25) is 0 Å². The second-order valence-electron chi connectivity index (χ2n) is 8.17. The fraction of sp³-hybridized carbons (Fsp3) is 0.435. The molecule has 33 heavy (non-hydrogen) atoms. The largest absolute Gasteiger partial charge is 0.508 e. The van der Waals surface area contributed by atoms with E-state index in [2.05, 4.69) is 5.32 Å². The maximum Gasteiger partial charge on any atom is 0.404 e. The van der Waals surface area contributed by atoms with Gasteiger partial charge in [0.1, 0.15) is 5.75 Å². The summed E-state index contributed by atoms with van der Waals surface area (Å²) in [7, 11) is -4.24. The van der Waals surface area contributed by atoms with E-state index in [0.717, 1.165) is 35.4 Å². The maximum absolute atomic E-state index is 13.3. The third kappa shape index (κ3) is 7.16. The summed E-state index contributed by atoms with van der Waals surface area (Å²) in [5.41, 5.74) is 0.783. The predicted molar refractivity (Wildman–Crippen MR) is 121 cm³/mol. The first kappa shape index (κ1) is 25.0. The highest BCUT2D eigenvalue weighted by atomic mass is 32.2. The van der Waals surface area contributed by atoms with E-state index in [9.17, 15) is 28.5 Å². The second-order valence-corrected chi connectivity index (χ2v) is 10.00. The minimum atomic E-state index is -4.24. The summed E-state index contributed by atoms with van der Waals surface area (Å²) >= 11 is 0. The lowest BCUT2D eigenvalue weighted by Crippen LogP contribution is -2.50. The van der Waals surface area contributed by atoms with Gasteiger partial charge < -0.3 is 20.6 Å². The Kier molecular flexibility index (Phi) is 8.67. The zero-order valence-corrected chi connectivity index (χ0v) is 19.0. The van der Waals surface area contributed by atoms with Gasteiger partial charge in [-0.05, 0) is 43.0 Å². The molecule has 0 heterocycles. The van der Waals surface area contributed by atoms with Crippen LogP contribution in [0.2, 0.25) is 0 Å². The molecule has 1 saturated carbocycles. The van der Waals surface area contributed by atoms with E-state index in [1.54, 1.807) is 24.3 Å². The molecule has 1 fully saturated rings. The molecule has 0 saturated heterocycles. The molecule has 1 aliphatic rings. The number of phenols is 1. The average molecular weight is 479 g/mol. The van der Waals surface area contributed by atoms with E-state index in [1.165, 1.54) is 18.2 Å². The van der Waals surface area contributed by atoms with Gasteiger partial charge in [0, 0.05) is 0 Å². The van der Waals surface area contributed by atoms with Crippen LogP contribution in [0.15, 0.2) is 59.5 Å². The topological polar surface area (TPSA) is 136 Å². The van der Waals surface area contributed by atoms with Gasteiger partial charge in [0.25, 0.3) is 10.0 Å². The van der Waals surface area contributed by atoms with Gasteiger partial charge >= 0.3 is 6.09 Å². The van der Waals surface area contributed by atoms with Crippen LogP contribution in [0.3, 0.4) is 0 Å². The first-order chi connectivity index (χ1) is 15.8. The van der Waals surface area contributed by atoms with Gasteiger partial charge in [-0.25, -0.2) is 13.2 Å². The van der Waals surface area contributed by atoms with E-state index >= 15 is 0 Å². The Balaban J connectivity index is 1.85. The second kappa shape index (κ2) is 11.5. The smallest absolute Gasteiger partial charge is 0.404 e. The number of aliphatic hydroxyl groups is 1. The summed E-state index contributed by atoms with van der Waals surface area (Å²) in [5, 5.41) is 32.2. The molecule has 2 aromatic rings. The molecule has 2 atom stereocenters. The maximum atomic E-state index is 13.3. The standard InChI is InChI=1S/C23H30N2O7S/c26-18-10-7-13-20(15-18)33(30,31)25(32-19-11-5-2-6-12-19)16-22(27)21(24-23(28)29)14-17-8-3-1-4-9-17/h1,3-4,7-10,13,15,19,21-22,24,26-27H,2,5-6,11-12,14,16H2,(H,28,29)/t21-,22-/m0/s1. The molecule has 0 spiro atoms. The Labute approximate surface area is 193 Å². The highest BCUT2D eigenvalue weighted by Crippen LogP contribution is 2.26. The number of amides is 1. The minimum Gasteiger partial charge on any atom is -0.508 e. The Bertz CT molecular complexity index is 1010. The number of carboxylic acid groups (broad SMARTS) is 1. The predicted octanol–water partition coefficient (Wildman–Crippen LogP) is 2.89. The fourth-order valence-electron chi connectivity index (χ4n) is 3.89. The number of carbonyl (C=O) groups is 1. The number of hydrogen-bond acceptors (Lipinski definition) is 6. The zero-order chi connectivity index (χ0) is 23.8. The fourth-order valence-corrected chi connectivity index (χ4v) is 5.23. The summed E-state index contributed by atoms with van der Waals surface area (Å²) in [6, 6.07) is 13.2. The van der Waals surface area contributed by atoms with Crippen molar-refractivity contribution in [2.45, 2.75) is 61.7 Å². The Hall–Kier alpha value is -2.66. The van der Waals surface area contributed by atoms with Crippen LogP contribution in [0.4, 0.5) is 4.79 Å². The van der Waals surface area contributed by atoms with E-state index in [4.69, 9.17) is 4.84 Å². The van der Waals surface area contributed by atoms with Crippen LogP contribution in [-0.4, -0.2) is 59.1 Å². The van der Waals surface area contributed by atoms with Crippen molar-refractivity contribution in [2.75, 3.05) is 6.54 Å².